The number of hydrogen-bond donors (Lipinski definition) is 0. The summed E-state index contributed by atoms with van der Waals surface area (Å²) in [6.07, 6.45) is 0. The minimum Gasteiger partial charge on any atom is -0.340 e. The first-order valence-corrected chi connectivity index (χ1v) is 8.78. The lowest BCUT2D eigenvalue weighted by molar-refractivity contribution is 0.389. The van der Waals surface area contributed by atoms with Crippen LogP contribution in [-0.2, 0) is 5.75 Å². The topological polar surface area (TPSA) is 69.6 Å². The predicted molar refractivity (Wildman–Crippen MR) is 95.4 cm³/mol. The smallest absolute Gasteiger partial charge is 0.223 e. The summed E-state index contributed by atoms with van der Waals surface area (Å²) in [7, 11) is 0. The molecule has 0 bridgehead atoms. The molecule has 0 fully saturated rings. The molecule has 0 N–H and O–H groups in total. The van der Waals surface area contributed by atoms with Crippen molar-refractivity contribution in [3.63, 3.8) is 0 Å². The van der Waals surface area contributed by atoms with Crippen molar-refractivity contribution in [3.05, 3.63) is 72.4 Å². The molecule has 0 spiro atoms. The van der Waals surface area contributed by atoms with Gasteiger partial charge >= 0.3 is 0 Å². The molecule has 0 unspecified atom stereocenters. The first-order chi connectivity index (χ1) is 12.3. The fourth-order valence-corrected chi connectivity index (χ4v) is 3.27. The van der Waals surface area contributed by atoms with Crippen LogP contribution in [0.4, 0.5) is 0 Å². The van der Waals surface area contributed by atoms with Crippen molar-refractivity contribution in [1.29, 1.82) is 0 Å². The van der Waals surface area contributed by atoms with E-state index < -0.39 is 0 Å². The van der Waals surface area contributed by atoms with Gasteiger partial charge in [0.2, 0.25) is 5.89 Å². The number of hydrogen-bond acceptors (Lipinski definition) is 6. The maximum absolute atomic E-state index is 5.03. The van der Waals surface area contributed by atoms with E-state index >= 15 is 0 Å². The van der Waals surface area contributed by atoms with E-state index in [1.807, 2.05) is 65.2 Å². The monoisotopic (exact) mass is 349 g/mol. The van der Waals surface area contributed by atoms with Crippen LogP contribution in [0.25, 0.3) is 17.1 Å². The molecule has 0 atom stereocenters. The lowest BCUT2D eigenvalue weighted by Gasteiger charge is -2.09. The standard InChI is InChI=1S/C18H15N5OS/c1-13-19-16(22-24-13)12-25-18-21-20-17(14-8-4-2-5-9-14)23(18)15-10-6-3-7-11-15/h2-11H,12H2,1H3. The summed E-state index contributed by atoms with van der Waals surface area (Å²) in [6.45, 7) is 1.78. The zero-order chi connectivity index (χ0) is 17.1. The van der Waals surface area contributed by atoms with Gasteiger partial charge in [0, 0.05) is 18.2 Å². The van der Waals surface area contributed by atoms with Crippen molar-refractivity contribution in [2.45, 2.75) is 17.8 Å². The second-order valence-electron chi connectivity index (χ2n) is 5.36. The Morgan fingerprint density at radius 3 is 2.36 bits per heavy atom. The fourth-order valence-electron chi connectivity index (χ4n) is 2.48. The molecule has 0 aliphatic rings. The Balaban J connectivity index is 1.73. The summed E-state index contributed by atoms with van der Waals surface area (Å²) < 4.78 is 7.07. The zero-order valence-electron chi connectivity index (χ0n) is 13.5. The van der Waals surface area contributed by atoms with Gasteiger partial charge < -0.3 is 4.52 Å². The summed E-state index contributed by atoms with van der Waals surface area (Å²) >= 11 is 1.53. The SMILES string of the molecule is Cc1nc(CSc2nnc(-c3ccccc3)n2-c2ccccc2)no1. The molecule has 0 saturated heterocycles. The maximum atomic E-state index is 5.03. The number of aromatic nitrogens is 5. The third-order valence-corrected chi connectivity index (χ3v) is 4.50. The molecule has 4 aromatic rings. The number of rotatable bonds is 5. The molecule has 2 aromatic heterocycles. The van der Waals surface area contributed by atoms with Crippen LogP contribution in [0.1, 0.15) is 11.7 Å². The van der Waals surface area contributed by atoms with E-state index in [-0.39, 0.29) is 0 Å². The molecule has 25 heavy (non-hydrogen) atoms. The van der Waals surface area contributed by atoms with Gasteiger partial charge in [-0.05, 0) is 12.1 Å². The molecule has 2 heterocycles. The Labute approximate surface area is 148 Å². The molecule has 6 nitrogen and oxygen atoms in total. The minimum atomic E-state index is 0.560. The lowest BCUT2D eigenvalue weighted by Crippen LogP contribution is -1.99. The Hall–Kier alpha value is -2.93. The number of para-hydroxylation sites is 1. The van der Waals surface area contributed by atoms with Crippen molar-refractivity contribution in [3.8, 4) is 17.1 Å². The van der Waals surface area contributed by atoms with Crippen molar-refractivity contribution >= 4 is 11.8 Å². The number of aryl methyl sites for hydroxylation is 1. The van der Waals surface area contributed by atoms with Crippen LogP contribution in [0.5, 0.6) is 0 Å². The van der Waals surface area contributed by atoms with Crippen molar-refractivity contribution in [1.82, 2.24) is 24.9 Å². The van der Waals surface area contributed by atoms with Gasteiger partial charge in [0.1, 0.15) is 0 Å². The van der Waals surface area contributed by atoms with Crippen molar-refractivity contribution < 1.29 is 4.52 Å². The summed E-state index contributed by atoms with van der Waals surface area (Å²) in [4.78, 5) is 4.24. The van der Waals surface area contributed by atoms with Gasteiger partial charge in [0.15, 0.2) is 16.8 Å². The van der Waals surface area contributed by atoms with E-state index in [1.54, 1.807) is 6.92 Å². The average Bonchev–Trinajstić information content (AvgIpc) is 3.27. The molecule has 0 saturated carbocycles. The summed E-state index contributed by atoms with van der Waals surface area (Å²) in [6, 6.07) is 20.1. The molecular formula is C18H15N5OS. The molecule has 124 valence electrons. The van der Waals surface area contributed by atoms with E-state index in [4.69, 9.17) is 4.52 Å². The molecule has 0 aliphatic heterocycles. The number of nitrogens with zero attached hydrogens (tertiary/aromatic N) is 5. The highest BCUT2D eigenvalue weighted by Crippen LogP contribution is 2.29. The first kappa shape index (κ1) is 15.6. The van der Waals surface area contributed by atoms with Gasteiger partial charge in [0.05, 0.1) is 5.75 Å². The molecule has 0 aliphatic carbocycles. The average molecular weight is 349 g/mol. The van der Waals surface area contributed by atoms with Crippen molar-refractivity contribution in [2.24, 2.45) is 0 Å². The van der Waals surface area contributed by atoms with Crippen LogP contribution in [0.3, 0.4) is 0 Å². The van der Waals surface area contributed by atoms with Gasteiger partial charge in [-0.2, -0.15) is 4.98 Å². The van der Waals surface area contributed by atoms with Crippen LogP contribution in [0.2, 0.25) is 0 Å². The molecular weight excluding hydrogens is 334 g/mol. The molecule has 7 heteroatoms. The Morgan fingerprint density at radius 1 is 0.960 bits per heavy atom. The number of thioether (sulfide) groups is 1. The normalized spacial score (nSPS) is 10.9. The van der Waals surface area contributed by atoms with E-state index in [0.717, 1.165) is 22.2 Å². The molecule has 0 radical (unpaired) electrons. The second kappa shape index (κ2) is 6.90. The van der Waals surface area contributed by atoms with Crippen molar-refractivity contribution in [2.75, 3.05) is 0 Å². The van der Waals surface area contributed by atoms with Crippen LogP contribution in [0.15, 0.2) is 70.3 Å². The van der Waals surface area contributed by atoms with E-state index in [1.165, 1.54) is 11.8 Å². The van der Waals surface area contributed by atoms with Gasteiger partial charge in [-0.25, -0.2) is 0 Å². The number of benzene rings is 2. The predicted octanol–water partition coefficient (Wildman–Crippen LogP) is 3.92. The Bertz CT molecular complexity index is 966. The van der Waals surface area contributed by atoms with Gasteiger partial charge in [-0.3, -0.25) is 4.57 Å². The molecule has 0 amide bonds. The largest absolute Gasteiger partial charge is 0.340 e. The zero-order valence-corrected chi connectivity index (χ0v) is 14.3. The summed E-state index contributed by atoms with van der Waals surface area (Å²) in [5.41, 5.74) is 2.03. The second-order valence-corrected chi connectivity index (χ2v) is 6.30. The molecule has 4 rings (SSSR count). The van der Waals surface area contributed by atoms with Crippen LogP contribution in [0, 0.1) is 6.92 Å². The van der Waals surface area contributed by atoms with E-state index in [9.17, 15) is 0 Å². The van der Waals surface area contributed by atoms with Crippen LogP contribution in [-0.4, -0.2) is 24.9 Å². The Kier molecular flexibility index (Phi) is 4.30. The molecule has 2 aromatic carbocycles. The van der Waals surface area contributed by atoms with Gasteiger partial charge in [-0.15, -0.1) is 10.2 Å². The van der Waals surface area contributed by atoms with E-state index in [0.29, 0.717) is 17.5 Å². The van der Waals surface area contributed by atoms with Gasteiger partial charge in [-0.1, -0.05) is 65.4 Å². The van der Waals surface area contributed by atoms with Crippen LogP contribution < -0.4 is 0 Å². The highest BCUT2D eigenvalue weighted by atomic mass is 32.2. The first-order valence-electron chi connectivity index (χ1n) is 7.79. The van der Waals surface area contributed by atoms with Gasteiger partial charge in [0.25, 0.3) is 0 Å². The minimum absolute atomic E-state index is 0.560. The quantitative estimate of drug-likeness (QED) is 0.509. The lowest BCUT2D eigenvalue weighted by atomic mass is 10.2. The fraction of sp³-hybridized carbons (Fsp3) is 0.111. The Morgan fingerprint density at radius 2 is 1.68 bits per heavy atom. The third-order valence-electron chi connectivity index (χ3n) is 3.58. The third kappa shape index (κ3) is 3.32. The van der Waals surface area contributed by atoms with E-state index in [2.05, 4.69) is 20.3 Å². The van der Waals surface area contributed by atoms with Crippen LogP contribution >= 0.6 is 11.8 Å². The summed E-state index contributed by atoms with van der Waals surface area (Å²) in [5.74, 6) is 2.58. The summed E-state index contributed by atoms with van der Waals surface area (Å²) in [5, 5.41) is 13.5. The highest BCUT2D eigenvalue weighted by molar-refractivity contribution is 7.98. The highest BCUT2D eigenvalue weighted by Gasteiger charge is 2.16. The maximum Gasteiger partial charge on any atom is 0.223 e.